The fraction of sp³-hybridized carbons (Fsp3) is 0.333. The van der Waals surface area contributed by atoms with E-state index in [0.717, 1.165) is 0 Å². The van der Waals surface area contributed by atoms with Crippen molar-refractivity contribution in [2.75, 3.05) is 13.2 Å². The number of nitrogens with zero attached hydrogens (tertiary/aromatic N) is 1. The molecule has 1 aliphatic rings. The van der Waals surface area contributed by atoms with Crippen LogP contribution in [0.25, 0.3) is 0 Å². The molecule has 0 aromatic heterocycles. The van der Waals surface area contributed by atoms with E-state index in [1.54, 1.807) is 12.1 Å². The summed E-state index contributed by atoms with van der Waals surface area (Å²) >= 11 is 3.21. The third kappa shape index (κ3) is 2.96. The number of hydrogen-bond donors (Lipinski definition) is 2. The molecule has 1 amide bonds. The molecule has 2 N–H and O–H groups in total. The molecule has 1 atom stereocenters. The van der Waals surface area contributed by atoms with Gasteiger partial charge in [-0.2, -0.15) is 0 Å². The Balaban J connectivity index is 2.47. The van der Waals surface area contributed by atoms with Crippen LogP contribution in [0, 0.1) is 0 Å². The Morgan fingerprint density at radius 2 is 2.30 bits per heavy atom. The van der Waals surface area contributed by atoms with Crippen LogP contribution in [0.1, 0.15) is 5.56 Å². The first-order valence-corrected chi connectivity index (χ1v) is 6.44. The molecule has 0 aliphatic carbocycles. The van der Waals surface area contributed by atoms with E-state index in [-0.39, 0.29) is 24.6 Å². The highest BCUT2D eigenvalue weighted by atomic mass is 79.9. The molecule has 20 heavy (non-hydrogen) atoms. The second-order valence-electron chi connectivity index (χ2n) is 4.22. The van der Waals surface area contributed by atoms with Gasteiger partial charge in [0.2, 0.25) is 0 Å². The van der Waals surface area contributed by atoms with E-state index in [9.17, 15) is 13.6 Å². The number of halogens is 3. The minimum atomic E-state index is -2.83. The lowest BCUT2D eigenvalue weighted by Gasteiger charge is -2.33. The Kier molecular flexibility index (Phi) is 4.34. The first-order chi connectivity index (χ1) is 9.44. The summed E-state index contributed by atoms with van der Waals surface area (Å²) in [6.07, 6.45) is -4.20. The van der Waals surface area contributed by atoms with Gasteiger partial charge in [0.05, 0.1) is 6.61 Å². The van der Waals surface area contributed by atoms with E-state index >= 15 is 0 Å². The van der Waals surface area contributed by atoms with Gasteiger partial charge in [0.25, 0.3) is 6.43 Å². The highest BCUT2D eigenvalue weighted by molar-refractivity contribution is 9.10. The summed E-state index contributed by atoms with van der Waals surface area (Å²) in [5.74, 6) is -0.135. The number of nitrogens with one attached hydrogen (secondary N) is 1. The summed E-state index contributed by atoms with van der Waals surface area (Å²) in [6.45, 7) is -0.458. The average molecular weight is 349 g/mol. The predicted octanol–water partition coefficient (Wildman–Crippen LogP) is 2.61. The van der Waals surface area contributed by atoms with Gasteiger partial charge in [0.1, 0.15) is 12.4 Å². The summed E-state index contributed by atoms with van der Waals surface area (Å²) in [7, 11) is 0. The maximum absolute atomic E-state index is 13.5. The van der Waals surface area contributed by atoms with Gasteiger partial charge in [-0.1, -0.05) is 28.1 Å². The molecular weight excluding hydrogens is 338 g/mol. The van der Waals surface area contributed by atoms with Gasteiger partial charge in [0, 0.05) is 4.47 Å². The Morgan fingerprint density at radius 1 is 1.55 bits per heavy atom. The number of ether oxygens (including phenoxy) is 1. The third-order valence-corrected chi connectivity index (χ3v) is 3.33. The zero-order chi connectivity index (χ0) is 14.8. The minimum Gasteiger partial charge on any atom is -0.465 e. The topological polar surface area (TPSA) is 70.9 Å². The molecule has 1 heterocycles. The number of rotatable bonds is 2. The Bertz CT molecular complexity index is 553. The predicted molar refractivity (Wildman–Crippen MR) is 71.2 cm³/mol. The van der Waals surface area contributed by atoms with Crippen LogP contribution >= 0.6 is 15.9 Å². The van der Waals surface area contributed by atoms with Gasteiger partial charge >= 0.3 is 6.09 Å². The van der Waals surface area contributed by atoms with Crippen LogP contribution in [-0.2, 0) is 10.3 Å². The summed E-state index contributed by atoms with van der Waals surface area (Å²) in [5, 5.41) is 10.6. The standard InChI is InChI=1S/C12H11BrF2N2O3/c13-8-3-1-2-7(4-8)12(10(14)15)6-20-5-9(17-12)16-11(18)19/h1-4,10H,5-6H2,(H,16,17)(H,18,19). The maximum Gasteiger partial charge on any atom is 0.410 e. The van der Waals surface area contributed by atoms with Crippen molar-refractivity contribution in [2.45, 2.75) is 12.0 Å². The first kappa shape index (κ1) is 14.9. The summed E-state index contributed by atoms with van der Waals surface area (Å²) < 4.78 is 32.8. The van der Waals surface area contributed by atoms with Crippen molar-refractivity contribution in [2.24, 2.45) is 4.99 Å². The zero-order valence-corrected chi connectivity index (χ0v) is 11.7. The van der Waals surface area contributed by atoms with E-state index in [2.05, 4.69) is 20.9 Å². The van der Waals surface area contributed by atoms with Crippen molar-refractivity contribution in [1.82, 2.24) is 5.32 Å². The number of benzene rings is 1. The van der Waals surface area contributed by atoms with Crippen LogP contribution in [0.2, 0.25) is 0 Å². The highest BCUT2D eigenvalue weighted by Crippen LogP contribution is 2.36. The number of alkyl halides is 2. The Morgan fingerprint density at radius 3 is 2.90 bits per heavy atom. The van der Waals surface area contributed by atoms with E-state index in [0.29, 0.717) is 4.47 Å². The lowest BCUT2D eigenvalue weighted by atomic mass is 9.91. The highest BCUT2D eigenvalue weighted by Gasteiger charge is 2.44. The lowest BCUT2D eigenvalue weighted by molar-refractivity contribution is -0.0135. The third-order valence-electron chi connectivity index (χ3n) is 2.83. The molecule has 0 fully saturated rings. The van der Waals surface area contributed by atoms with Gasteiger partial charge in [0.15, 0.2) is 5.54 Å². The number of amidine groups is 1. The molecule has 1 unspecified atom stereocenters. The summed E-state index contributed by atoms with van der Waals surface area (Å²) in [4.78, 5) is 14.5. The van der Waals surface area contributed by atoms with Crippen LogP contribution in [0.4, 0.5) is 13.6 Å². The average Bonchev–Trinajstić information content (AvgIpc) is 2.38. The molecule has 1 aliphatic heterocycles. The largest absolute Gasteiger partial charge is 0.465 e. The van der Waals surface area contributed by atoms with Gasteiger partial charge in [-0.3, -0.25) is 5.32 Å². The monoisotopic (exact) mass is 348 g/mol. The molecule has 8 heteroatoms. The smallest absolute Gasteiger partial charge is 0.410 e. The second kappa shape index (κ2) is 5.84. The Labute approximate surface area is 121 Å². The lowest BCUT2D eigenvalue weighted by Crippen LogP contribution is -2.47. The van der Waals surface area contributed by atoms with Crippen molar-refractivity contribution in [3.63, 3.8) is 0 Å². The molecule has 1 aromatic rings. The summed E-state index contributed by atoms with van der Waals surface area (Å²) in [6, 6.07) is 6.33. The van der Waals surface area contributed by atoms with Crippen LogP contribution in [0.15, 0.2) is 33.7 Å². The molecule has 0 radical (unpaired) electrons. The fourth-order valence-electron chi connectivity index (χ4n) is 1.94. The van der Waals surface area contributed by atoms with Crippen molar-refractivity contribution in [3.05, 3.63) is 34.3 Å². The van der Waals surface area contributed by atoms with E-state index < -0.39 is 18.1 Å². The van der Waals surface area contributed by atoms with Crippen molar-refractivity contribution in [1.29, 1.82) is 0 Å². The molecule has 0 spiro atoms. The number of aliphatic imine (C=N–C) groups is 1. The van der Waals surface area contributed by atoms with Gasteiger partial charge in [-0.05, 0) is 17.7 Å². The quantitative estimate of drug-likeness (QED) is 0.862. The number of carboxylic acid groups (broad SMARTS) is 1. The van der Waals surface area contributed by atoms with Crippen LogP contribution < -0.4 is 5.32 Å². The normalized spacial score (nSPS) is 22.5. The SMILES string of the molecule is O=C(O)NC1=NC(c2cccc(Br)c2)(C(F)F)COC1. The molecule has 0 saturated heterocycles. The van der Waals surface area contributed by atoms with E-state index in [1.165, 1.54) is 12.1 Å². The zero-order valence-electron chi connectivity index (χ0n) is 10.1. The molecule has 0 bridgehead atoms. The molecule has 5 nitrogen and oxygen atoms in total. The van der Waals surface area contributed by atoms with Crippen molar-refractivity contribution >= 4 is 27.9 Å². The van der Waals surface area contributed by atoms with Crippen LogP contribution in [0.5, 0.6) is 0 Å². The van der Waals surface area contributed by atoms with Gasteiger partial charge in [-0.25, -0.2) is 18.6 Å². The van der Waals surface area contributed by atoms with Gasteiger partial charge < -0.3 is 9.84 Å². The van der Waals surface area contributed by atoms with Crippen LogP contribution in [-0.4, -0.2) is 36.7 Å². The fourth-order valence-corrected chi connectivity index (χ4v) is 2.34. The molecular formula is C12H11BrF2N2O3. The van der Waals surface area contributed by atoms with E-state index in [4.69, 9.17) is 9.84 Å². The first-order valence-electron chi connectivity index (χ1n) is 5.64. The Hall–Kier alpha value is -1.54. The summed E-state index contributed by atoms with van der Waals surface area (Å²) in [5.41, 5.74) is -1.65. The molecule has 2 rings (SSSR count). The number of hydrogen-bond acceptors (Lipinski definition) is 3. The van der Waals surface area contributed by atoms with E-state index in [1.807, 2.05) is 5.32 Å². The molecule has 0 saturated carbocycles. The second-order valence-corrected chi connectivity index (χ2v) is 5.13. The maximum atomic E-state index is 13.5. The molecule has 1 aromatic carbocycles. The minimum absolute atomic E-state index is 0.135. The van der Waals surface area contributed by atoms with Gasteiger partial charge in [-0.15, -0.1) is 0 Å². The van der Waals surface area contributed by atoms with Crippen molar-refractivity contribution < 1.29 is 23.4 Å². The number of amides is 1. The van der Waals surface area contributed by atoms with Crippen LogP contribution in [0.3, 0.4) is 0 Å². The number of carbonyl (C=O) groups is 1. The van der Waals surface area contributed by atoms with Crippen molar-refractivity contribution in [3.8, 4) is 0 Å². The molecule has 108 valence electrons.